The summed E-state index contributed by atoms with van der Waals surface area (Å²) in [5.41, 5.74) is 5.89. The average Bonchev–Trinajstić information content (AvgIpc) is 2.93. The van der Waals surface area contributed by atoms with Gasteiger partial charge in [0.15, 0.2) is 0 Å². The predicted molar refractivity (Wildman–Crippen MR) is 81.5 cm³/mol. The van der Waals surface area contributed by atoms with Crippen molar-refractivity contribution in [1.29, 1.82) is 0 Å². The maximum absolute atomic E-state index is 13.8. The molecule has 1 atom stereocenters. The second kappa shape index (κ2) is 7.52. The maximum atomic E-state index is 13.8. The van der Waals surface area contributed by atoms with Gasteiger partial charge in [0.05, 0.1) is 0 Å². The first-order chi connectivity index (χ1) is 10.1. The highest BCUT2D eigenvalue weighted by Gasteiger charge is 2.14. The topological polar surface area (TPSA) is 58.4 Å². The smallest absolute Gasteiger partial charge is 0.248 e. The molecule has 0 aliphatic carbocycles. The molecule has 1 unspecified atom stereocenters. The number of nitrogens with zero attached hydrogens (tertiary/aromatic N) is 1. The van der Waals surface area contributed by atoms with Gasteiger partial charge in [0.1, 0.15) is 5.82 Å². The van der Waals surface area contributed by atoms with E-state index < -0.39 is 5.91 Å². The van der Waals surface area contributed by atoms with Gasteiger partial charge >= 0.3 is 0 Å². The lowest BCUT2D eigenvalue weighted by Crippen LogP contribution is -2.31. The third-order valence-corrected chi connectivity index (χ3v) is 3.91. The van der Waals surface area contributed by atoms with Crippen LogP contribution in [0.2, 0.25) is 0 Å². The number of rotatable bonds is 7. The minimum absolute atomic E-state index is 0.207. The Labute approximate surface area is 125 Å². The van der Waals surface area contributed by atoms with Crippen LogP contribution in [0.25, 0.3) is 0 Å². The van der Waals surface area contributed by atoms with Gasteiger partial charge in [-0.3, -0.25) is 4.79 Å². The van der Waals surface area contributed by atoms with Crippen molar-refractivity contribution in [3.63, 3.8) is 0 Å². The summed E-state index contributed by atoms with van der Waals surface area (Å²) in [6.07, 6.45) is 2.61. The van der Waals surface area contributed by atoms with Crippen molar-refractivity contribution in [2.24, 2.45) is 11.7 Å². The molecule has 0 saturated carbocycles. The molecule has 1 fully saturated rings. The van der Waals surface area contributed by atoms with Gasteiger partial charge in [0.2, 0.25) is 5.91 Å². The van der Waals surface area contributed by atoms with E-state index in [4.69, 9.17) is 5.73 Å². The zero-order chi connectivity index (χ0) is 15.2. The molecule has 1 amide bonds. The van der Waals surface area contributed by atoms with E-state index in [2.05, 4.69) is 17.1 Å². The minimum Gasteiger partial charge on any atom is -0.366 e. The number of likely N-dealkylation sites (tertiary alicyclic amines) is 1. The van der Waals surface area contributed by atoms with Gasteiger partial charge in [-0.1, -0.05) is 13.0 Å². The molecule has 1 aromatic carbocycles. The van der Waals surface area contributed by atoms with Crippen LogP contribution in [0.15, 0.2) is 18.2 Å². The summed E-state index contributed by atoms with van der Waals surface area (Å²) in [6, 6.07) is 4.39. The normalized spacial score (nSPS) is 17.0. The van der Waals surface area contributed by atoms with Crippen molar-refractivity contribution >= 4 is 5.91 Å². The Kier molecular flexibility index (Phi) is 5.70. The van der Waals surface area contributed by atoms with E-state index in [1.165, 1.54) is 32.0 Å². The number of hydrogen-bond donors (Lipinski definition) is 2. The van der Waals surface area contributed by atoms with Crippen molar-refractivity contribution in [3.8, 4) is 0 Å². The molecule has 0 radical (unpaired) electrons. The molecule has 1 aromatic rings. The fourth-order valence-electron chi connectivity index (χ4n) is 2.77. The second-order valence-corrected chi connectivity index (χ2v) is 5.91. The van der Waals surface area contributed by atoms with Crippen molar-refractivity contribution in [1.82, 2.24) is 10.2 Å². The number of primary amides is 1. The van der Waals surface area contributed by atoms with E-state index in [9.17, 15) is 9.18 Å². The first-order valence-corrected chi connectivity index (χ1v) is 7.57. The highest BCUT2D eigenvalue weighted by atomic mass is 19.1. The Bertz CT molecular complexity index is 486. The number of hydrogen-bond acceptors (Lipinski definition) is 3. The molecule has 1 heterocycles. The molecule has 1 aliphatic rings. The number of amides is 1. The fourth-order valence-corrected chi connectivity index (χ4v) is 2.77. The highest BCUT2D eigenvalue weighted by molar-refractivity contribution is 5.92. The van der Waals surface area contributed by atoms with Crippen LogP contribution in [0.5, 0.6) is 0 Å². The molecule has 21 heavy (non-hydrogen) atoms. The molecular weight excluding hydrogens is 269 g/mol. The maximum Gasteiger partial charge on any atom is 0.248 e. The van der Waals surface area contributed by atoms with E-state index in [1.54, 1.807) is 12.1 Å². The molecule has 116 valence electrons. The van der Waals surface area contributed by atoms with Crippen LogP contribution in [0, 0.1) is 11.7 Å². The Hall–Kier alpha value is -1.46. The number of halogens is 1. The molecule has 0 spiro atoms. The van der Waals surface area contributed by atoms with Crippen molar-refractivity contribution in [2.75, 3.05) is 26.2 Å². The van der Waals surface area contributed by atoms with E-state index in [-0.39, 0.29) is 11.4 Å². The lowest BCUT2D eigenvalue weighted by Gasteiger charge is -2.20. The van der Waals surface area contributed by atoms with E-state index >= 15 is 0 Å². The standard InChI is InChI=1S/C16H24FN3O/c1-12(11-20-6-2-3-7-20)9-19-10-14-5-4-13(16(18)21)8-15(14)17/h4-5,8,12,19H,2-3,6-7,9-11H2,1H3,(H2,18,21). The molecule has 1 aliphatic heterocycles. The Balaban J connectivity index is 1.76. The minimum atomic E-state index is -0.604. The molecule has 0 aromatic heterocycles. The lowest BCUT2D eigenvalue weighted by atomic mass is 10.1. The van der Waals surface area contributed by atoms with Crippen molar-refractivity contribution in [2.45, 2.75) is 26.3 Å². The first-order valence-electron chi connectivity index (χ1n) is 7.57. The number of benzene rings is 1. The van der Waals surface area contributed by atoms with Crippen LogP contribution < -0.4 is 11.1 Å². The number of nitrogens with one attached hydrogen (secondary N) is 1. The summed E-state index contributed by atoms with van der Waals surface area (Å²) in [6.45, 7) is 7.03. The third-order valence-electron chi connectivity index (χ3n) is 3.91. The van der Waals surface area contributed by atoms with Crippen molar-refractivity contribution in [3.05, 3.63) is 35.1 Å². The molecule has 3 N–H and O–H groups in total. The van der Waals surface area contributed by atoms with E-state index in [0.29, 0.717) is 18.0 Å². The van der Waals surface area contributed by atoms with Gasteiger partial charge in [-0.05, 0) is 50.5 Å². The Morgan fingerprint density at radius 3 is 2.76 bits per heavy atom. The quantitative estimate of drug-likeness (QED) is 0.805. The zero-order valence-electron chi connectivity index (χ0n) is 12.6. The predicted octanol–water partition coefficient (Wildman–Crippen LogP) is 1.75. The molecule has 1 saturated heterocycles. The summed E-state index contributed by atoms with van der Waals surface area (Å²) in [7, 11) is 0. The second-order valence-electron chi connectivity index (χ2n) is 5.91. The largest absolute Gasteiger partial charge is 0.366 e. The van der Waals surface area contributed by atoms with Crippen LogP contribution >= 0.6 is 0 Å². The highest BCUT2D eigenvalue weighted by Crippen LogP contribution is 2.12. The van der Waals surface area contributed by atoms with Gasteiger partial charge in [-0.15, -0.1) is 0 Å². The number of carbonyl (C=O) groups excluding carboxylic acids is 1. The zero-order valence-corrected chi connectivity index (χ0v) is 12.6. The summed E-state index contributed by atoms with van der Waals surface area (Å²) >= 11 is 0. The Morgan fingerprint density at radius 2 is 2.14 bits per heavy atom. The first kappa shape index (κ1) is 15.9. The molecule has 5 heteroatoms. The van der Waals surface area contributed by atoms with Crippen molar-refractivity contribution < 1.29 is 9.18 Å². The molecule has 4 nitrogen and oxygen atoms in total. The van der Waals surface area contributed by atoms with E-state index in [0.717, 1.165) is 13.1 Å². The molecule has 0 bridgehead atoms. The monoisotopic (exact) mass is 293 g/mol. The van der Waals surface area contributed by atoms with Crippen LogP contribution in [-0.2, 0) is 6.54 Å². The van der Waals surface area contributed by atoms with Gasteiger partial charge < -0.3 is 16.0 Å². The van der Waals surface area contributed by atoms with Crippen LogP contribution in [0.4, 0.5) is 4.39 Å². The molecular formula is C16H24FN3O. The third kappa shape index (κ3) is 4.79. The van der Waals surface area contributed by atoms with Gasteiger partial charge in [0.25, 0.3) is 0 Å². The lowest BCUT2D eigenvalue weighted by molar-refractivity contribution is 0.1000. The summed E-state index contributed by atoms with van der Waals surface area (Å²) in [5, 5.41) is 3.28. The number of carbonyl (C=O) groups is 1. The van der Waals surface area contributed by atoms with Crippen LogP contribution in [0.3, 0.4) is 0 Å². The van der Waals surface area contributed by atoms with E-state index in [1.807, 2.05) is 0 Å². The van der Waals surface area contributed by atoms with Gasteiger partial charge in [-0.25, -0.2) is 4.39 Å². The number of nitrogens with two attached hydrogens (primary N) is 1. The summed E-state index contributed by atoms with van der Waals surface area (Å²) in [4.78, 5) is 13.4. The average molecular weight is 293 g/mol. The summed E-state index contributed by atoms with van der Waals surface area (Å²) < 4.78 is 13.8. The molecule has 2 rings (SSSR count). The summed E-state index contributed by atoms with van der Waals surface area (Å²) in [5.74, 6) is -0.449. The van der Waals surface area contributed by atoms with Crippen LogP contribution in [-0.4, -0.2) is 37.0 Å². The fraction of sp³-hybridized carbons (Fsp3) is 0.562. The van der Waals surface area contributed by atoms with Gasteiger partial charge in [0, 0.05) is 24.2 Å². The van der Waals surface area contributed by atoms with Crippen LogP contribution in [0.1, 0.15) is 35.7 Å². The Morgan fingerprint density at radius 1 is 1.43 bits per heavy atom. The SMILES string of the molecule is CC(CNCc1ccc(C(N)=O)cc1F)CN1CCCC1. The van der Waals surface area contributed by atoms with Gasteiger partial charge in [-0.2, -0.15) is 0 Å².